The van der Waals surface area contributed by atoms with E-state index in [-0.39, 0.29) is 5.72 Å². The highest BCUT2D eigenvalue weighted by Gasteiger charge is 2.63. The summed E-state index contributed by atoms with van der Waals surface area (Å²) < 4.78 is 1.20. The van der Waals surface area contributed by atoms with Gasteiger partial charge in [-0.2, -0.15) is 0 Å². The van der Waals surface area contributed by atoms with Gasteiger partial charge in [-0.15, -0.1) is 11.3 Å². The number of aliphatic imine (C=N–C) groups is 1. The molecular weight excluding hydrogens is 342 g/mol. The zero-order chi connectivity index (χ0) is 15.9. The third-order valence-corrected chi connectivity index (χ3v) is 8.07. The lowest BCUT2D eigenvalue weighted by Gasteiger charge is -2.61. The number of rotatable bonds is 1. The quantitative estimate of drug-likeness (QED) is 0.840. The van der Waals surface area contributed by atoms with E-state index in [0.29, 0.717) is 17.9 Å². The summed E-state index contributed by atoms with van der Waals surface area (Å²) in [5, 5.41) is 2.11. The highest BCUT2D eigenvalue weighted by molar-refractivity contribution is 7.19. The molecule has 4 fully saturated rings. The van der Waals surface area contributed by atoms with E-state index in [1.165, 1.54) is 34.3 Å². The van der Waals surface area contributed by atoms with Crippen LogP contribution in [-0.4, -0.2) is 30.1 Å². The van der Waals surface area contributed by atoms with Crippen molar-refractivity contribution in [2.24, 2.45) is 22.7 Å². The Morgan fingerprint density at radius 1 is 1.33 bits per heavy atom. The van der Waals surface area contributed by atoms with Crippen LogP contribution in [0.2, 0.25) is 5.02 Å². The predicted octanol–water partition coefficient (Wildman–Crippen LogP) is 3.83. The maximum Gasteiger partial charge on any atom is 0.195 e. The number of hydrogen-bond acceptors (Lipinski definition) is 5. The fraction of sp³-hybridized carbons (Fsp3) is 0.500. The Balaban J connectivity index is 1.50. The molecule has 1 aromatic heterocycles. The number of benzene rings is 1. The minimum Gasteiger partial charge on any atom is -0.294 e. The Labute approximate surface area is 149 Å². The molecule has 5 aliphatic rings. The zero-order valence-corrected chi connectivity index (χ0v) is 14.7. The van der Waals surface area contributed by atoms with Crippen molar-refractivity contribution in [1.82, 2.24) is 10.4 Å². The van der Waals surface area contributed by atoms with Crippen molar-refractivity contribution in [2.45, 2.75) is 24.6 Å². The molecule has 1 spiro atoms. The van der Waals surface area contributed by atoms with Crippen molar-refractivity contribution in [3.8, 4) is 0 Å². The van der Waals surface area contributed by atoms with Crippen LogP contribution in [-0.2, 0) is 4.84 Å². The van der Waals surface area contributed by atoms with E-state index >= 15 is 0 Å². The minimum absolute atomic E-state index is 0.363. The van der Waals surface area contributed by atoms with Gasteiger partial charge >= 0.3 is 0 Å². The fourth-order valence-electron chi connectivity index (χ4n) is 5.58. The molecule has 0 radical (unpaired) electrons. The Morgan fingerprint density at radius 3 is 3.12 bits per heavy atom. The number of nitrogens with zero attached hydrogens (tertiary/aromatic N) is 2. The number of halogens is 1. The third kappa shape index (κ3) is 1.69. The number of nitrogens with one attached hydrogen (secondary N) is 1. The van der Waals surface area contributed by atoms with Crippen molar-refractivity contribution < 1.29 is 4.84 Å². The SMILES string of the molecule is Clc1cccc2cc(C3C4CC5CC(CN3C5)C43N=CNO3)sc12. The smallest absolute Gasteiger partial charge is 0.195 e. The standard InChI is InChI=1S/C18H18ClN3OS/c19-14-3-1-2-11-6-15(24-17(11)14)16-13-5-10-4-12(8-22(16)7-10)18(13)20-9-21-23-18/h1-3,6,9-10,12-13,16H,4-5,7-8H2,(H,20,21). The zero-order valence-electron chi connectivity index (χ0n) is 13.1. The van der Waals surface area contributed by atoms with Crippen molar-refractivity contribution in [2.75, 3.05) is 13.1 Å². The Bertz CT molecular complexity index is 867. The topological polar surface area (TPSA) is 36.9 Å². The minimum atomic E-state index is -0.363. The van der Waals surface area contributed by atoms with Crippen LogP contribution < -0.4 is 5.48 Å². The number of fused-ring (bicyclic) bond motifs is 1. The van der Waals surface area contributed by atoms with Crippen molar-refractivity contribution >= 4 is 39.4 Å². The lowest BCUT2D eigenvalue weighted by Crippen LogP contribution is -2.67. The highest BCUT2D eigenvalue weighted by Crippen LogP contribution is 2.60. The van der Waals surface area contributed by atoms with Gasteiger partial charge in [0, 0.05) is 29.8 Å². The molecule has 6 heteroatoms. The van der Waals surface area contributed by atoms with Crippen LogP contribution >= 0.6 is 22.9 Å². The second-order valence-electron chi connectivity index (χ2n) is 7.58. The van der Waals surface area contributed by atoms with Gasteiger partial charge in [-0.25, -0.2) is 9.83 Å². The van der Waals surface area contributed by atoms with Gasteiger partial charge in [0.25, 0.3) is 0 Å². The molecule has 7 rings (SSSR count). The van der Waals surface area contributed by atoms with Crippen molar-refractivity contribution in [3.63, 3.8) is 0 Å². The molecule has 3 saturated heterocycles. The summed E-state index contributed by atoms with van der Waals surface area (Å²) >= 11 is 8.26. The molecule has 5 heterocycles. The molecule has 124 valence electrons. The summed E-state index contributed by atoms with van der Waals surface area (Å²) in [4.78, 5) is 14.9. The van der Waals surface area contributed by atoms with Gasteiger partial charge in [0.1, 0.15) is 6.34 Å². The highest BCUT2D eigenvalue weighted by atomic mass is 35.5. The summed E-state index contributed by atoms with van der Waals surface area (Å²) in [6.45, 7) is 2.30. The number of thiophene rings is 1. The molecule has 1 aliphatic carbocycles. The first-order valence-corrected chi connectivity index (χ1v) is 9.83. The molecular formula is C18H18ClN3OS. The van der Waals surface area contributed by atoms with Gasteiger partial charge in [0.05, 0.1) is 15.8 Å². The van der Waals surface area contributed by atoms with E-state index in [1.54, 1.807) is 6.34 Å². The molecule has 4 aliphatic heterocycles. The van der Waals surface area contributed by atoms with Crippen LogP contribution in [0.1, 0.15) is 23.8 Å². The van der Waals surface area contributed by atoms with E-state index in [4.69, 9.17) is 21.4 Å². The molecule has 4 bridgehead atoms. The van der Waals surface area contributed by atoms with E-state index in [1.807, 2.05) is 23.5 Å². The summed E-state index contributed by atoms with van der Waals surface area (Å²) in [7, 11) is 0. The molecule has 1 N–H and O–H groups in total. The fourth-order valence-corrected chi connectivity index (χ4v) is 7.15. The van der Waals surface area contributed by atoms with Gasteiger partial charge in [0.2, 0.25) is 0 Å². The largest absolute Gasteiger partial charge is 0.294 e. The summed E-state index contributed by atoms with van der Waals surface area (Å²) in [6, 6.07) is 8.90. The summed E-state index contributed by atoms with van der Waals surface area (Å²) in [5.41, 5.74) is 2.56. The Hall–Kier alpha value is -1.14. The Morgan fingerprint density at radius 2 is 2.29 bits per heavy atom. The third-order valence-electron chi connectivity index (χ3n) is 6.39. The van der Waals surface area contributed by atoms with Crippen LogP contribution in [0.5, 0.6) is 0 Å². The molecule has 6 atom stereocenters. The van der Waals surface area contributed by atoms with Crippen LogP contribution in [0.4, 0.5) is 0 Å². The molecule has 6 unspecified atom stereocenters. The molecule has 24 heavy (non-hydrogen) atoms. The molecule has 2 aromatic rings. The predicted molar refractivity (Wildman–Crippen MR) is 96.3 cm³/mol. The normalized spacial score (nSPS) is 42.3. The second-order valence-corrected chi connectivity index (χ2v) is 9.07. The number of hydroxylamine groups is 1. The van der Waals surface area contributed by atoms with Crippen LogP contribution in [0.15, 0.2) is 29.3 Å². The van der Waals surface area contributed by atoms with E-state index in [2.05, 4.69) is 22.5 Å². The van der Waals surface area contributed by atoms with Gasteiger partial charge in [-0.3, -0.25) is 10.4 Å². The first-order valence-electron chi connectivity index (χ1n) is 8.64. The average Bonchev–Trinajstić information content (AvgIpc) is 3.20. The summed E-state index contributed by atoms with van der Waals surface area (Å²) in [5.74, 6) is 1.73. The molecule has 0 amide bonds. The lowest BCUT2D eigenvalue weighted by molar-refractivity contribution is -0.234. The maximum atomic E-state index is 6.42. The maximum absolute atomic E-state index is 6.42. The lowest BCUT2D eigenvalue weighted by atomic mass is 9.59. The van der Waals surface area contributed by atoms with Crippen LogP contribution in [0.25, 0.3) is 10.1 Å². The van der Waals surface area contributed by atoms with Gasteiger partial charge in [-0.05, 0) is 36.3 Å². The first-order chi connectivity index (χ1) is 11.7. The van der Waals surface area contributed by atoms with Crippen molar-refractivity contribution in [3.05, 3.63) is 34.2 Å². The summed E-state index contributed by atoms with van der Waals surface area (Å²) in [6.07, 6.45) is 4.20. The van der Waals surface area contributed by atoms with Gasteiger partial charge < -0.3 is 0 Å². The monoisotopic (exact) mass is 359 g/mol. The number of hydrogen-bond donors (Lipinski definition) is 1. The van der Waals surface area contributed by atoms with Crippen LogP contribution in [0, 0.1) is 17.8 Å². The molecule has 1 saturated carbocycles. The molecule has 1 aromatic carbocycles. The van der Waals surface area contributed by atoms with E-state index in [9.17, 15) is 0 Å². The average molecular weight is 360 g/mol. The van der Waals surface area contributed by atoms with Gasteiger partial charge in [0.15, 0.2) is 5.72 Å². The van der Waals surface area contributed by atoms with Crippen LogP contribution in [0.3, 0.4) is 0 Å². The Kier molecular flexibility index (Phi) is 2.77. The van der Waals surface area contributed by atoms with Gasteiger partial charge in [-0.1, -0.05) is 23.7 Å². The van der Waals surface area contributed by atoms with Crippen molar-refractivity contribution in [1.29, 1.82) is 0 Å². The molecule has 4 nitrogen and oxygen atoms in total. The first kappa shape index (κ1) is 14.1. The number of piperidine rings is 3. The second kappa shape index (κ2) is 4.73. The van der Waals surface area contributed by atoms with E-state index < -0.39 is 0 Å². The van der Waals surface area contributed by atoms with E-state index in [0.717, 1.165) is 17.5 Å².